The molecule has 4 N–H and O–H groups in total. The largest absolute Gasteiger partial charge is 0.399 e. The van der Waals surface area contributed by atoms with E-state index >= 15 is 0 Å². The summed E-state index contributed by atoms with van der Waals surface area (Å²) in [7, 11) is 0. The molecular formula is C15H14FN3O2. The van der Waals surface area contributed by atoms with E-state index in [-0.39, 0.29) is 12.2 Å². The number of benzene rings is 2. The number of para-hydroxylation sites is 1. The van der Waals surface area contributed by atoms with Crippen molar-refractivity contribution in [1.82, 2.24) is 5.32 Å². The van der Waals surface area contributed by atoms with Gasteiger partial charge in [0.2, 0.25) is 5.91 Å². The van der Waals surface area contributed by atoms with Crippen molar-refractivity contribution in [3.8, 4) is 0 Å². The zero-order valence-electron chi connectivity index (χ0n) is 11.1. The van der Waals surface area contributed by atoms with Crippen LogP contribution in [0.4, 0.5) is 15.8 Å². The second-order valence-electron chi connectivity index (χ2n) is 4.33. The summed E-state index contributed by atoms with van der Waals surface area (Å²) >= 11 is 0. The van der Waals surface area contributed by atoms with Gasteiger partial charge in [0, 0.05) is 11.3 Å². The third kappa shape index (κ3) is 4.04. The van der Waals surface area contributed by atoms with Crippen LogP contribution in [0, 0.1) is 5.82 Å². The van der Waals surface area contributed by atoms with E-state index < -0.39 is 17.6 Å². The summed E-state index contributed by atoms with van der Waals surface area (Å²) < 4.78 is 13.3. The van der Waals surface area contributed by atoms with Gasteiger partial charge in [-0.2, -0.15) is 0 Å². The van der Waals surface area contributed by atoms with Gasteiger partial charge in [0.05, 0.1) is 12.2 Å². The Morgan fingerprint density at radius 1 is 1.05 bits per heavy atom. The molecular weight excluding hydrogens is 273 g/mol. The molecule has 0 unspecified atom stereocenters. The molecule has 2 aromatic carbocycles. The van der Waals surface area contributed by atoms with Crippen molar-refractivity contribution in [2.75, 3.05) is 17.6 Å². The quantitative estimate of drug-likeness (QED) is 0.749. The maximum atomic E-state index is 13.3. The van der Waals surface area contributed by atoms with Crippen LogP contribution < -0.4 is 16.4 Å². The molecule has 0 saturated heterocycles. The van der Waals surface area contributed by atoms with E-state index in [2.05, 4.69) is 10.6 Å². The van der Waals surface area contributed by atoms with Crippen molar-refractivity contribution in [2.45, 2.75) is 0 Å². The Kier molecular flexibility index (Phi) is 4.50. The van der Waals surface area contributed by atoms with Gasteiger partial charge in [0.1, 0.15) is 5.82 Å². The Morgan fingerprint density at radius 2 is 1.71 bits per heavy atom. The van der Waals surface area contributed by atoms with Gasteiger partial charge in [-0.25, -0.2) is 4.39 Å². The molecule has 2 rings (SSSR count). The number of hydrogen-bond donors (Lipinski definition) is 3. The molecule has 0 fully saturated rings. The highest BCUT2D eigenvalue weighted by atomic mass is 19.1. The van der Waals surface area contributed by atoms with Gasteiger partial charge >= 0.3 is 0 Å². The van der Waals surface area contributed by atoms with E-state index in [4.69, 9.17) is 5.73 Å². The molecule has 0 spiro atoms. The van der Waals surface area contributed by atoms with Crippen molar-refractivity contribution >= 4 is 23.2 Å². The van der Waals surface area contributed by atoms with Crippen molar-refractivity contribution in [3.05, 3.63) is 59.9 Å². The lowest BCUT2D eigenvalue weighted by atomic mass is 10.2. The number of nitrogens with two attached hydrogens (primary N) is 1. The number of halogens is 1. The normalized spacial score (nSPS) is 9.95. The minimum atomic E-state index is -0.532. The summed E-state index contributed by atoms with van der Waals surface area (Å²) in [5.74, 6) is -1.45. The molecule has 0 aliphatic carbocycles. The highest BCUT2D eigenvalue weighted by Gasteiger charge is 2.09. The predicted octanol–water partition coefficient (Wildman–Crippen LogP) is 1.78. The zero-order chi connectivity index (χ0) is 15.2. The minimum absolute atomic E-state index is 0.0734. The number of rotatable bonds is 4. The Bertz CT molecular complexity index is 656. The number of nitrogen functional groups attached to an aromatic ring is 1. The molecule has 0 atom stereocenters. The highest BCUT2D eigenvalue weighted by molar-refractivity contribution is 5.99. The van der Waals surface area contributed by atoms with Crippen LogP contribution in [0.1, 0.15) is 10.4 Å². The summed E-state index contributed by atoms with van der Waals surface area (Å²) in [6.45, 7) is -0.252. The lowest BCUT2D eigenvalue weighted by molar-refractivity contribution is -0.115. The fourth-order valence-electron chi connectivity index (χ4n) is 1.65. The highest BCUT2D eigenvalue weighted by Crippen LogP contribution is 2.11. The Balaban J connectivity index is 1.88. The van der Waals surface area contributed by atoms with Crippen LogP contribution in [0.3, 0.4) is 0 Å². The number of amides is 2. The van der Waals surface area contributed by atoms with E-state index in [1.807, 2.05) is 0 Å². The Morgan fingerprint density at radius 3 is 2.38 bits per heavy atom. The standard InChI is InChI=1S/C15H14FN3O2/c16-12-3-1-2-4-13(12)19-14(20)9-18-15(21)10-5-7-11(17)8-6-10/h1-8H,9,17H2,(H,18,21)(H,19,20). The fourth-order valence-corrected chi connectivity index (χ4v) is 1.65. The predicted molar refractivity (Wildman–Crippen MR) is 78.2 cm³/mol. The van der Waals surface area contributed by atoms with E-state index in [0.29, 0.717) is 11.3 Å². The first-order chi connectivity index (χ1) is 10.1. The second kappa shape index (κ2) is 6.51. The third-order valence-electron chi connectivity index (χ3n) is 2.73. The molecule has 21 heavy (non-hydrogen) atoms. The first kappa shape index (κ1) is 14.5. The lowest BCUT2D eigenvalue weighted by Gasteiger charge is -2.07. The lowest BCUT2D eigenvalue weighted by Crippen LogP contribution is -2.33. The Labute approximate surface area is 121 Å². The topological polar surface area (TPSA) is 84.2 Å². The van der Waals surface area contributed by atoms with Gasteiger partial charge in [-0.15, -0.1) is 0 Å². The molecule has 0 radical (unpaired) electrons. The molecule has 0 bridgehead atoms. The summed E-state index contributed by atoms with van der Waals surface area (Å²) in [5.41, 5.74) is 6.53. The maximum absolute atomic E-state index is 13.3. The van der Waals surface area contributed by atoms with Crippen LogP contribution in [0.5, 0.6) is 0 Å². The van der Waals surface area contributed by atoms with E-state index in [1.54, 1.807) is 30.3 Å². The molecule has 0 aromatic heterocycles. The summed E-state index contributed by atoms with van der Waals surface area (Å²) in [5, 5.41) is 4.82. The van der Waals surface area contributed by atoms with Gasteiger partial charge in [-0.05, 0) is 36.4 Å². The van der Waals surface area contributed by atoms with Crippen LogP contribution in [0.25, 0.3) is 0 Å². The number of anilines is 2. The zero-order valence-corrected chi connectivity index (χ0v) is 11.1. The van der Waals surface area contributed by atoms with Gasteiger partial charge in [0.25, 0.3) is 5.91 Å². The van der Waals surface area contributed by atoms with Crippen LogP contribution >= 0.6 is 0 Å². The van der Waals surface area contributed by atoms with Gasteiger partial charge in [0.15, 0.2) is 0 Å². The van der Waals surface area contributed by atoms with Gasteiger partial charge in [-0.1, -0.05) is 12.1 Å². The number of nitrogens with one attached hydrogen (secondary N) is 2. The van der Waals surface area contributed by atoms with Gasteiger partial charge in [-0.3, -0.25) is 9.59 Å². The van der Waals surface area contributed by atoms with Crippen LogP contribution in [0.15, 0.2) is 48.5 Å². The molecule has 0 aliphatic rings. The van der Waals surface area contributed by atoms with E-state index in [1.165, 1.54) is 18.2 Å². The van der Waals surface area contributed by atoms with E-state index in [9.17, 15) is 14.0 Å². The number of carbonyl (C=O) groups excluding carboxylic acids is 2. The van der Waals surface area contributed by atoms with Crippen molar-refractivity contribution in [2.24, 2.45) is 0 Å². The summed E-state index contributed by atoms with van der Waals surface area (Å²) in [4.78, 5) is 23.4. The smallest absolute Gasteiger partial charge is 0.251 e. The molecule has 0 saturated carbocycles. The molecule has 6 heteroatoms. The second-order valence-corrected chi connectivity index (χ2v) is 4.33. The molecule has 0 heterocycles. The van der Waals surface area contributed by atoms with Crippen LogP contribution in [0.2, 0.25) is 0 Å². The SMILES string of the molecule is Nc1ccc(C(=O)NCC(=O)Nc2ccccc2F)cc1. The average Bonchev–Trinajstić information content (AvgIpc) is 2.48. The van der Waals surface area contributed by atoms with Crippen LogP contribution in [-0.4, -0.2) is 18.4 Å². The van der Waals surface area contributed by atoms with Crippen molar-refractivity contribution in [3.63, 3.8) is 0 Å². The minimum Gasteiger partial charge on any atom is -0.399 e. The first-order valence-electron chi connectivity index (χ1n) is 6.24. The van der Waals surface area contributed by atoms with Gasteiger partial charge < -0.3 is 16.4 Å². The summed E-state index contributed by atoms with van der Waals surface area (Å²) in [6.07, 6.45) is 0. The fraction of sp³-hybridized carbons (Fsp3) is 0.0667. The van der Waals surface area contributed by atoms with Crippen LogP contribution in [-0.2, 0) is 4.79 Å². The molecule has 108 valence electrons. The average molecular weight is 287 g/mol. The molecule has 0 aliphatic heterocycles. The van der Waals surface area contributed by atoms with E-state index in [0.717, 1.165) is 0 Å². The number of carbonyl (C=O) groups is 2. The molecule has 5 nitrogen and oxygen atoms in total. The Hall–Kier alpha value is -2.89. The monoisotopic (exact) mass is 287 g/mol. The summed E-state index contributed by atoms with van der Waals surface area (Å²) in [6, 6.07) is 12.1. The third-order valence-corrected chi connectivity index (χ3v) is 2.73. The maximum Gasteiger partial charge on any atom is 0.251 e. The van der Waals surface area contributed by atoms with Crippen molar-refractivity contribution < 1.29 is 14.0 Å². The first-order valence-corrected chi connectivity index (χ1v) is 6.24. The number of hydrogen-bond acceptors (Lipinski definition) is 3. The molecule has 2 amide bonds. The molecule has 2 aromatic rings. The van der Waals surface area contributed by atoms with Crippen molar-refractivity contribution in [1.29, 1.82) is 0 Å².